The highest BCUT2D eigenvalue weighted by Gasteiger charge is 2.31. The molecule has 0 unspecified atom stereocenters. The van der Waals surface area contributed by atoms with Gasteiger partial charge in [-0.15, -0.1) is 11.3 Å². The van der Waals surface area contributed by atoms with E-state index in [0.29, 0.717) is 10.6 Å². The lowest BCUT2D eigenvalue weighted by atomic mass is 10.1. The Morgan fingerprint density at radius 1 is 0.939 bits per heavy atom. The standard InChI is InChI=1S/C25H21ClN2O3S2/c1-15-7-9-17(10-8-15)22(29)23-21(27)24(33(30,31)19-13-11-18(26)12-14-19)25(32-23)28-20-6-4-3-5-16(20)2/h3-14,28H,27H2,1-2H3. The Morgan fingerprint density at radius 3 is 2.21 bits per heavy atom. The molecule has 1 heterocycles. The van der Waals surface area contributed by atoms with E-state index in [-0.39, 0.29) is 31.1 Å². The third-order valence-corrected chi connectivity index (χ3v) is 8.56. The van der Waals surface area contributed by atoms with Crippen molar-refractivity contribution in [1.29, 1.82) is 0 Å². The molecule has 0 atom stereocenters. The normalized spacial score (nSPS) is 11.4. The summed E-state index contributed by atoms with van der Waals surface area (Å²) in [4.78, 5) is 13.4. The number of rotatable bonds is 6. The minimum absolute atomic E-state index is 0.0403. The van der Waals surface area contributed by atoms with Gasteiger partial charge in [-0.05, 0) is 49.7 Å². The van der Waals surface area contributed by atoms with Crippen LogP contribution in [0.3, 0.4) is 0 Å². The molecule has 0 aliphatic rings. The maximum atomic E-state index is 13.6. The topological polar surface area (TPSA) is 89.3 Å². The number of carbonyl (C=O) groups is 1. The number of nitrogens with two attached hydrogens (primary N) is 1. The Balaban J connectivity index is 1.89. The van der Waals surface area contributed by atoms with Gasteiger partial charge < -0.3 is 11.1 Å². The van der Waals surface area contributed by atoms with Crippen LogP contribution in [0.5, 0.6) is 0 Å². The van der Waals surface area contributed by atoms with Crippen LogP contribution in [0, 0.1) is 13.8 Å². The zero-order chi connectivity index (χ0) is 23.8. The molecule has 1 aromatic heterocycles. The summed E-state index contributed by atoms with van der Waals surface area (Å²) in [5, 5.41) is 3.89. The second-order valence-electron chi connectivity index (χ2n) is 7.60. The van der Waals surface area contributed by atoms with E-state index in [1.54, 1.807) is 12.1 Å². The minimum Gasteiger partial charge on any atom is -0.396 e. The van der Waals surface area contributed by atoms with Gasteiger partial charge in [0.1, 0.15) is 14.8 Å². The zero-order valence-electron chi connectivity index (χ0n) is 17.9. The summed E-state index contributed by atoms with van der Waals surface area (Å²) in [5.74, 6) is -0.331. The minimum atomic E-state index is -4.04. The van der Waals surface area contributed by atoms with Crippen molar-refractivity contribution < 1.29 is 13.2 Å². The third-order valence-electron chi connectivity index (χ3n) is 5.21. The van der Waals surface area contributed by atoms with Gasteiger partial charge in [0.15, 0.2) is 0 Å². The van der Waals surface area contributed by atoms with Crippen molar-refractivity contribution >= 4 is 54.9 Å². The predicted octanol–water partition coefficient (Wildman–Crippen LogP) is 6.41. The van der Waals surface area contributed by atoms with Crippen LogP contribution in [0.4, 0.5) is 16.4 Å². The number of ketones is 1. The van der Waals surface area contributed by atoms with Crippen LogP contribution >= 0.6 is 22.9 Å². The molecule has 3 N–H and O–H groups in total. The number of thiophene rings is 1. The van der Waals surface area contributed by atoms with Crippen molar-refractivity contribution in [3.63, 3.8) is 0 Å². The number of carbonyl (C=O) groups excluding carboxylic acids is 1. The van der Waals surface area contributed by atoms with Gasteiger partial charge in [-0.25, -0.2) is 8.42 Å². The van der Waals surface area contributed by atoms with Crippen LogP contribution in [-0.2, 0) is 9.84 Å². The molecule has 3 aromatic carbocycles. The largest absolute Gasteiger partial charge is 0.396 e. The molecule has 0 radical (unpaired) electrons. The number of nitrogens with one attached hydrogen (secondary N) is 1. The number of benzene rings is 3. The van der Waals surface area contributed by atoms with E-state index in [4.69, 9.17) is 17.3 Å². The monoisotopic (exact) mass is 496 g/mol. The third kappa shape index (κ3) is 4.53. The fourth-order valence-electron chi connectivity index (χ4n) is 3.35. The number of hydrogen-bond acceptors (Lipinski definition) is 6. The van der Waals surface area contributed by atoms with Crippen LogP contribution < -0.4 is 11.1 Å². The second-order valence-corrected chi connectivity index (χ2v) is 10.9. The summed E-state index contributed by atoms with van der Waals surface area (Å²) in [6, 6.07) is 20.4. The van der Waals surface area contributed by atoms with Crippen molar-refractivity contribution in [3.05, 3.63) is 99.4 Å². The number of halogens is 1. The molecule has 0 spiro atoms. The first-order valence-corrected chi connectivity index (χ1v) is 12.7. The van der Waals surface area contributed by atoms with Crippen molar-refractivity contribution in [3.8, 4) is 0 Å². The number of hydrogen-bond donors (Lipinski definition) is 2. The maximum Gasteiger partial charge on any atom is 0.211 e. The zero-order valence-corrected chi connectivity index (χ0v) is 20.3. The summed E-state index contributed by atoms with van der Waals surface area (Å²) in [5.41, 5.74) is 9.38. The SMILES string of the molecule is Cc1ccc(C(=O)c2sc(Nc3ccccc3C)c(S(=O)(=O)c3ccc(Cl)cc3)c2N)cc1. The number of nitrogen functional groups attached to an aromatic ring is 1. The Bertz CT molecular complexity index is 1440. The van der Waals surface area contributed by atoms with Gasteiger partial charge in [-0.1, -0.05) is 59.6 Å². The van der Waals surface area contributed by atoms with Crippen molar-refractivity contribution in [2.24, 2.45) is 0 Å². The fraction of sp³-hybridized carbons (Fsp3) is 0.0800. The van der Waals surface area contributed by atoms with E-state index >= 15 is 0 Å². The first-order valence-electron chi connectivity index (χ1n) is 10.1. The predicted molar refractivity (Wildman–Crippen MR) is 135 cm³/mol. The molecule has 0 amide bonds. The first-order chi connectivity index (χ1) is 15.7. The quantitative estimate of drug-likeness (QED) is 0.301. The highest BCUT2D eigenvalue weighted by Crippen LogP contribution is 2.44. The Labute approximate surface area is 201 Å². The van der Waals surface area contributed by atoms with Crippen molar-refractivity contribution in [2.45, 2.75) is 23.6 Å². The van der Waals surface area contributed by atoms with E-state index < -0.39 is 9.84 Å². The van der Waals surface area contributed by atoms with Crippen LogP contribution in [0.15, 0.2) is 82.6 Å². The lowest BCUT2D eigenvalue weighted by molar-refractivity contribution is 0.104. The molecule has 0 saturated carbocycles. The van der Waals surface area contributed by atoms with E-state index in [1.165, 1.54) is 24.3 Å². The molecule has 33 heavy (non-hydrogen) atoms. The van der Waals surface area contributed by atoms with Crippen LogP contribution in [-0.4, -0.2) is 14.2 Å². The molecule has 0 aliphatic heterocycles. The number of sulfone groups is 1. The Morgan fingerprint density at radius 2 is 1.58 bits per heavy atom. The van der Waals surface area contributed by atoms with Crippen LogP contribution in [0.2, 0.25) is 5.02 Å². The number of anilines is 3. The van der Waals surface area contributed by atoms with Gasteiger partial charge in [0.05, 0.1) is 10.6 Å². The molecule has 0 aliphatic carbocycles. The first kappa shape index (κ1) is 23.0. The average molecular weight is 497 g/mol. The average Bonchev–Trinajstić information content (AvgIpc) is 3.12. The maximum absolute atomic E-state index is 13.6. The summed E-state index contributed by atoms with van der Waals surface area (Å²) < 4.78 is 27.2. The van der Waals surface area contributed by atoms with E-state index in [9.17, 15) is 13.2 Å². The molecule has 168 valence electrons. The highest BCUT2D eigenvalue weighted by molar-refractivity contribution is 7.92. The molecule has 0 fully saturated rings. The van der Waals surface area contributed by atoms with Gasteiger partial charge in [-0.2, -0.15) is 0 Å². The fourth-order valence-corrected chi connectivity index (χ4v) is 6.40. The van der Waals surface area contributed by atoms with E-state index in [2.05, 4.69) is 5.32 Å². The summed E-state index contributed by atoms with van der Waals surface area (Å²) in [6.07, 6.45) is 0. The van der Waals surface area contributed by atoms with Crippen LogP contribution in [0.25, 0.3) is 0 Å². The molecule has 4 rings (SSSR count). The number of aryl methyl sites for hydroxylation is 2. The molecule has 0 bridgehead atoms. The lowest BCUT2D eigenvalue weighted by Gasteiger charge is -2.11. The lowest BCUT2D eigenvalue weighted by Crippen LogP contribution is -2.08. The van der Waals surface area contributed by atoms with E-state index in [0.717, 1.165) is 28.2 Å². The smallest absolute Gasteiger partial charge is 0.211 e. The highest BCUT2D eigenvalue weighted by atomic mass is 35.5. The summed E-state index contributed by atoms with van der Waals surface area (Å²) >= 11 is 6.98. The summed E-state index contributed by atoms with van der Waals surface area (Å²) in [6.45, 7) is 3.83. The molecule has 4 aromatic rings. The Kier molecular flexibility index (Phi) is 6.30. The van der Waals surface area contributed by atoms with E-state index in [1.807, 2.05) is 50.2 Å². The Hall–Kier alpha value is -3.13. The van der Waals surface area contributed by atoms with Gasteiger partial charge in [-0.3, -0.25) is 4.79 Å². The van der Waals surface area contributed by atoms with Gasteiger partial charge >= 0.3 is 0 Å². The second kappa shape index (κ2) is 9.02. The molecular weight excluding hydrogens is 476 g/mol. The van der Waals surface area contributed by atoms with Crippen LogP contribution in [0.1, 0.15) is 26.4 Å². The molecule has 0 saturated heterocycles. The van der Waals surface area contributed by atoms with Crippen molar-refractivity contribution in [1.82, 2.24) is 0 Å². The molecule has 5 nitrogen and oxygen atoms in total. The molecular formula is C25H21ClN2O3S2. The van der Waals surface area contributed by atoms with Gasteiger partial charge in [0.2, 0.25) is 15.6 Å². The summed E-state index contributed by atoms with van der Waals surface area (Å²) in [7, 11) is -4.04. The number of para-hydroxylation sites is 1. The van der Waals surface area contributed by atoms with Crippen molar-refractivity contribution in [2.75, 3.05) is 11.1 Å². The molecule has 8 heteroatoms. The van der Waals surface area contributed by atoms with Gasteiger partial charge in [0.25, 0.3) is 0 Å². The van der Waals surface area contributed by atoms with Gasteiger partial charge in [0, 0.05) is 16.3 Å².